The second kappa shape index (κ2) is 35.1. The highest BCUT2D eigenvalue weighted by Crippen LogP contribution is 2.37. The Morgan fingerprint density at radius 1 is 0.583 bits per heavy atom. The van der Waals surface area contributed by atoms with Gasteiger partial charge in [0.25, 0.3) is 0 Å². The van der Waals surface area contributed by atoms with Gasteiger partial charge in [-0.1, -0.05) is 122 Å². The van der Waals surface area contributed by atoms with Crippen molar-refractivity contribution in [3.8, 4) is 0 Å². The monoisotopic (exact) mass is 1360 g/mol. The molecule has 8 atom stereocenters. The molecule has 0 radical (unpaired) electrons. The maximum absolute atomic E-state index is 15.7. The minimum Gasteiger partial charge on any atom is -0.343 e. The summed E-state index contributed by atoms with van der Waals surface area (Å²) in [6, 6.07) is -0.928. The molecule has 12 amide bonds. The van der Waals surface area contributed by atoms with Crippen LogP contribution in [0.3, 0.4) is 0 Å². The van der Waals surface area contributed by atoms with E-state index in [1.165, 1.54) is 81.5 Å². The minimum atomic E-state index is -1.48. The number of carbonyl (C=O) groups excluding carboxylic acids is 12. The molecule has 3 saturated heterocycles. The lowest BCUT2D eigenvalue weighted by molar-refractivity contribution is -0.156. The molecule has 6 aliphatic rings. The molecule has 534 valence electrons. The van der Waals surface area contributed by atoms with Crippen molar-refractivity contribution in [3.05, 3.63) is 34.9 Å². The first-order valence-corrected chi connectivity index (χ1v) is 36.0. The van der Waals surface area contributed by atoms with Crippen LogP contribution in [0.2, 0.25) is 5.02 Å². The summed E-state index contributed by atoms with van der Waals surface area (Å²) >= 11 is 6.26. The van der Waals surface area contributed by atoms with E-state index in [1.54, 1.807) is 31.0 Å². The van der Waals surface area contributed by atoms with E-state index in [0.717, 1.165) is 69.8 Å². The Hall–Kier alpha value is -6.85. The van der Waals surface area contributed by atoms with E-state index >= 15 is 24.0 Å². The molecule has 1 unspecified atom stereocenters. The Bertz CT molecular complexity index is 2930. The van der Waals surface area contributed by atoms with E-state index in [-0.39, 0.29) is 56.4 Å². The number of rotatable bonds is 11. The van der Waals surface area contributed by atoms with Crippen LogP contribution in [0, 0.1) is 23.7 Å². The van der Waals surface area contributed by atoms with Crippen LogP contribution in [0.15, 0.2) is 24.3 Å². The van der Waals surface area contributed by atoms with Gasteiger partial charge in [0.2, 0.25) is 70.9 Å². The predicted molar refractivity (Wildman–Crippen MR) is 364 cm³/mol. The molecule has 3 saturated carbocycles. The molecule has 96 heavy (non-hydrogen) atoms. The second-order valence-corrected chi connectivity index (χ2v) is 29.6. The third kappa shape index (κ3) is 19.3. The van der Waals surface area contributed by atoms with Gasteiger partial charge in [0.15, 0.2) is 0 Å². The van der Waals surface area contributed by atoms with Crippen molar-refractivity contribution in [1.29, 1.82) is 0 Å². The van der Waals surface area contributed by atoms with Crippen molar-refractivity contribution < 1.29 is 57.5 Å². The molecule has 3 N–H and O–H groups in total. The number of likely N-dealkylation sites (tertiary alicyclic amines) is 1. The van der Waals surface area contributed by atoms with Gasteiger partial charge >= 0.3 is 0 Å². The van der Waals surface area contributed by atoms with E-state index in [1.807, 2.05) is 32.9 Å². The van der Waals surface area contributed by atoms with E-state index < -0.39 is 151 Å². The Kier molecular flexibility index (Phi) is 28.0. The van der Waals surface area contributed by atoms with Crippen LogP contribution >= 0.6 is 11.6 Å². The van der Waals surface area contributed by atoms with Gasteiger partial charge in [0, 0.05) is 74.0 Å². The molecule has 6 fully saturated rings. The fraction of sp³-hybridized carbons (Fsp3) is 0.746. The zero-order chi connectivity index (χ0) is 70.3. The lowest BCUT2D eigenvalue weighted by Gasteiger charge is -2.43. The van der Waals surface area contributed by atoms with Gasteiger partial charge in [-0.3, -0.25) is 57.5 Å². The Labute approximate surface area is 574 Å². The quantitative estimate of drug-likeness (QED) is 0.264. The lowest BCUT2D eigenvalue weighted by Crippen LogP contribution is -2.65. The van der Waals surface area contributed by atoms with Crippen molar-refractivity contribution >= 4 is 82.5 Å². The largest absolute Gasteiger partial charge is 0.343 e. The maximum atomic E-state index is 15.7. The van der Waals surface area contributed by atoms with Gasteiger partial charge in [-0.2, -0.15) is 0 Å². The zero-order valence-electron chi connectivity index (χ0n) is 59.2. The average Bonchev–Trinajstić information content (AvgIpc) is 1.43. The van der Waals surface area contributed by atoms with Crippen LogP contribution in [0.4, 0.5) is 0 Å². The number of carbonyl (C=O) groups is 12. The van der Waals surface area contributed by atoms with Crippen molar-refractivity contribution in [2.24, 2.45) is 23.7 Å². The lowest BCUT2D eigenvalue weighted by atomic mass is 9.81. The first-order valence-electron chi connectivity index (χ1n) is 35.6. The normalized spacial score (nSPS) is 27.2. The summed E-state index contributed by atoms with van der Waals surface area (Å²) in [7, 11) is 10.3. The summed E-state index contributed by atoms with van der Waals surface area (Å²) in [4.78, 5) is 191. The van der Waals surface area contributed by atoms with Crippen LogP contribution < -0.4 is 16.0 Å². The van der Waals surface area contributed by atoms with E-state index in [4.69, 9.17) is 11.6 Å². The van der Waals surface area contributed by atoms with Crippen molar-refractivity contribution in [2.45, 2.75) is 230 Å². The molecule has 24 nitrogen and oxygen atoms in total. The van der Waals surface area contributed by atoms with Gasteiger partial charge in [0.05, 0.1) is 26.1 Å². The van der Waals surface area contributed by atoms with Crippen LogP contribution in [0.5, 0.6) is 0 Å². The van der Waals surface area contributed by atoms with Crippen molar-refractivity contribution in [1.82, 2.24) is 60.0 Å². The first kappa shape index (κ1) is 76.5. The summed E-state index contributed by atoms with van der Waals surface area (Å²) in [5.41, 5.74) is -0.645. The summed E-state index contributed by atoms with van der Waals surface area (Å²) in [5.74, 6) is -7.60. The van der Waals surface area contributed by atoms with Gasteiger partial charge in [0.1, 0.15) is 47.8 Å². The molecule has 25 heteroatoms. The minimum absolute atomic E-state index is 0.0888. The molecular formula is C71H111ClN12O12. The molecule has 1 spiro atoms. The molecule has 0 aromatic heterocycles. The third-order valence-electron chi connectivity index (χ3n) is 21.7. The van der Waals surface area contributed by atoms with Gasteiger partial charge < -0.3 is 60.0 Å². The average molecular weight is 1360 g/mol. The molecule has 1 aromatic rings. The molecule has 7 rings (SSSR count). The molecule has 3 aliphatic carbocycles. The summed E-state index contributed by atoms with van der Waals surface area (Å²) in [6.07, 6.45) is 13.0. The number of nitrogens with one attached hydrogen (secondary N) is 3. The third-order valence-corrected chi connectivity index (χ3v) is 21.9. The fourth-order valence-electron chi connectivity index (χ4n) is 15.4. The number of nitrogens with zero attached hydrogens (tertiary/aromatic N) is 9. The zero-order valence-corrected chi connectivity index (χ0v) is 59.9. The molecule has 0 bridgehead atoms. The summed E-state index contributed by atoms with van der Waals surface area (Å²) < 4.78 is 0. The van der Waals surface area contributed by atoms with E-state index in [9.17, 15) is 33.6 Å². The maximum Gasteiger partial charge on any atom is 0.248 e. The van der Waals surface area contributed by atoms with Crippen LogP contribution in [-0.2, 0) is 64.0 Å². The first-order chi connectivity index (χ1) is 45.6. The van der Waals surface area contributed by atoms with Gasteiger partial charge in [-0.15, -0.1) is 0 Å². The highest BCUT2D eigenvalue weighted by Gasteiger charge is 2.51. The van der Waals surface area contributed by atoms with Gasteiger partial charge in [-0.25, -0.2) is 0 Å². The second-order valence-electron chi connectivity index (χ2n) is 29.1. The Balaban J connectivity index is 1.27. The molecule has 1 aromatic carbocycles. The highest BCUT2D eigenvalue weighted by atomic mass is 35.5. The number of halogens is 1. The smallest absolute Gasteiger partial charge is 0.248 e. The standard InChI is InChI=1S/C71H111ClN12O12/c1-12-47(4)61-68(94)78(7)44-59(87)76(5)45-60(88)80(9)55(41-49-24-15-13-16-25-49)66(92)77(6)43-57(85)73-52(34-31-48-29-32-51(72)33-30-48)65(91)84-39-23-28-53(84)64(90)75-71(35-19-20-36-71)70(96)82(11)62(50-26-17-14-18-27-50)69(95)81(10)56(67(93)83-37-21-22-38-83)42-58(86)79(8)54(40-46(2)3)63(89)74-61/h29-30,32-33,46-47,49-50,52-56,61-62H,12-28,31,34-45H2,1-11H3,(H,73,85)(H,74,89)(H,75,90)/t47-,52-,53?,54-,55-,56-,61-,62-/m0/s1. The highest BCUT2D eigenvalue weighted by molar-refractivity contribution is 6.30. The molecule has 3 aliphatic heterocycles. The number of amides is 12. The molecular weight excluding hydrogens is 1250 g/mol. The Morgan fingerprint density at radius 3 is 1.79 bits per heavy atom. The molecule has 3 heterocycles. The van der Waals surface area contributed by atoms with Crippen LogP contribution in [0.1, 0.15) is 181 Å². The fourth-order valence-corrected chi connectivity index (χ4v) is 15.5. The summed E-state index contributed by atoms with van der Waals surface area (Å²) in [5, 5.41) is 9.53. The van der Waals surface area contributed by atoms with Crippen molar-refractivity contribution in [3.63, 3.8) is 0 Å². The number of benzene rings is 1. The Morgan fingerprint density at radius 2 is 1.18 bits per heavy atom. The van der Waals surface area contributed by atoms with Crippen LogP contribution in [0.25, 0.3) is 0 Å². The number of hydrogen-bond donors (Lipinski definition) is 3. The van der Waals surface area contributed by atoms with Gasteiger partial charge in [-0.05, 0) is 118 Å². The summed E-state index contributed by atoms with van der Waals surface area (Å²) in [6.45, 7) is 6.99. The van der Waals surface area contributed by atoms with Crippen molar-refractivity contribution in [2.75, 3.05) is 88.6 Å². The number of likely N-dealkylation sites (N-methyl/N-ethyl adjacent to an activating group) is 7. The number of aryl methyl sites for hydroxylation is 1. The number of hydrogen-bond acceptors (Lipinski definition) is 12. The topological polar surface area (TPSA) is 270 Å². The van der Waals surface area contributed by atoms with Crippen LogP contribution in [-0.4, -0.2) is 251 Å². The number of fused-ring (bicyclic) bond motifs is 1. The van der Waals surface area contributed by atoms with E-state index in [0.29, 0.717) is 69.5 Å². The SMILES string of the molecule is CC[C@H](C)[C@@H]1NC(=O)[C@H](CC(C)C)N(C)C(=O)C[C@@H](C(=O)N2CCCC2)N(C)C(=O)[C@H](C2CCCCC2)N(C)C(=O)C2(CCCC2)NC(=O)C2CCCN2C(=O)[C@H](CCc2ccc(Cl)cc2)NC(=O)CN(C)C(=O)[C@H](CC2CCCCC2)N(C)C(=O)CN(C)C(=O)CN(C)C1=O. The predicted octanol–water partition coefficient (Wildman–Crippen LogP) is 5.01. The van der Waals surface area contributed by atoms with E-state index in [2.05, 4.69) is 16.0 Å².